The molecule has 11 heteroatoms. The van der Waals surface area contributed by atoms with Crippen molar-refractivity contribution in [2.75, 3.05) is 20.3 Å². The smallest absolute Gasteiger partial charge is 0.328 e. The lowest BCUT2D eigenvalue weighted by Crippen LogP contribution is -2.46. The van der Waals surface area contributed by atoms with Crippen molar-refractivity contribution < 1.29 is 28.7 Å². The number of ether oxygens (including phenoxy) is 2. The number of methoxy groups -OCH3 is 1. The molecule has 0 saturated heterocycles. The number of nitrogens with two attached hydrogens (primary N) is 2. The van der Waals surface area contributed by atoms with Gasteiger partial charge in [-0.05, 0) is 43.4 Å². The zero-order valence-corrected chi connectivity index (χ0v) is 20.7. The first-order valence-corrected chi connectivity index (χ1v) is 11.8. The summed E-state index contributed by atoms with van der Waals surface area (Å²) in [5, 5.41) is 5.40. The zero-order chi connectivity index (χ0) is 26.5. The van der Waals surface area contributed by atoms with Crippen molar-refractivity contribution in [3.05, 3.63) is 42.0 Å². The van der Waals surface area contributed by atoms with Gasteiger partial charge in [-0.3, -0.25) is 19.4 Å². The highest BCUT2D eigenvalue weighted by Crippen LogP contribution is 2.18. The topological polar surface area (TPSA) is 175 Å². The van der Waals surface area contributed by atoms with Crippen LogP contribution in [0.4, 0.5) is 0 Å². The Balaban J connectivity index is 2.34. The van der Waals surface area contributed by atoms with Crippen molar-refractivity contribution in [3.8, 4) is 5.75 Å². The van der Waals surface area contributed by atoms with E-state index in [1.807, 2.05) is 12.1 Å². The van der Waals surface area contributed by atoms with E-state index in [-0.39, 0.29) is 50.1 Å². The predicted molar refractivity (Wildman–Crippen MR) is 134 cm³/mol. The number of carbonyl (C=O) groups is 4. The Morgan fingerprint density at radius 2 is 1.89 bits per heavy atom. The molecule has 3 rings (SSSR count). The van der Waals surface area contributed by atoms with Crippen LogP contribution in [0.1, 0.15) is 38.2 Å². The fraction of sp³-hybridized carbons (Fsp3) is 0.480. The van der Waals surface area contributed by atoms with Crippen molar-refractivity contribution in [2.45, 2.75) is 51.1 Å². The molecule has 11 nitrogen and oxygen atoms in total. The van der Waals surface area contributed by atoms with Crippen LogP contribution in [0.25, 0.3) is 0 Å². The normalized spacial score (nSPS) is 21.0. The third kappa shape index (κ3) is 9.77. The second-order valence-electron chi connectivity index (χ2n) is 8.52. The van der Waals surface area contributed by atoms with Crippen LogP contribution in [0.15, 0.2) is 41.4 Å². The van der Waals surface area contributed by atoms with Crippen LogP contribution in [0, 0.1) is 5.92 Å². The number of benzene rings is 1. The monoisotopic (exact) mass is 501 g/mol. The summed E-state index contributed by atoms with van der Waals surface area (Å²) in [7, 11) is 1.24. The van der Waals surface area contributed by atoms with Crippen molar-refractivity contribution in [2.24, 2.45) is 22.4 Å². The first kappa shape index (κ1) is 28.3. The summed E-state index contributed by atoms with van der Waals surface area (Å²) in [5.74, 6) is -1.93. The molecule has 2 aliphatic rings. The summed E-state index contributed by atoms with van der Waals surface area (Å²) >= 11 is 0. The van der Waals surface area contributed by atoms with Crippen LogP contribution < -0.4 is 26.8 Å². The Bertz CT molecular complexity index is 972. The lowest BCUT2D eigenvalue weighted by Gasteiger charge is -2.23. The lowest BCUT2D eigenvalue weighted by molar-refractivity contribution is -0.145. The second-order valence-corrected chi connectivity index (χ2v) is 8.52. The Labute approximate surface area is 210 Å². The zero-order valence-electron chi connectivity index (χ0n) is 20.7. The van der Waals surface area contributed by atoms with Gasteiger partial charge in [-0.25, -0.2) is 4.79 Å². The number of fused-ring (bicyclic) bond motifs is 13. The van der Waals surface area contributed by atoms with E-state index in [1.54, 1.807) is 24.3 Å². The summed E-state index contributed by atoms with van der Waals surface area (Å²) in [6, 6.07) is 5.46. The van der Waals surface area contributed by atoms with E-state index in [4.69, 9.17) is 20.9 Å². The Kier molecular flexibility index (Phi) is 11.4. The van der Waals surface area contributed by atoms with E-state index in [0.29, 0.717) is 18.6 Å². The highest BCUT2D eigenvalue weighted by Gasteiger charge is 2.30. The van der Waals surface area contributed by atoms with Crippen molar-refractivity contribution in [1.29, 1.82) is 0 Å². The minimum Gasteiger partial charge on any atom is -0.490 e. The number of rotatable bonds is 6. The maximum Gasteiger partial charge on any atom is 0.328 e. The molecule has 1 aromatic rings. The van der Waals surface area contributed by atoms with Gasteiger partial charge < -0.3 is 31.6 Å². The van der Waals surface area contributed by atoms with Crippen LogP contribution in [0.2, 0.25) is 0 Å². The van der Waals surface area contributed by atoms with Crippen LogP contribution in [0.3, 0.4) is 0 Å². The van der Waals surface area contributed by atoms with E-state index in [0.717, 1.165) is 5.56 Å². The van der Waals surface area contributed by atoms with Gasteiger partial charge >= 0.3 is 5.97 Å². The maximum atomic E-state index is 13.3. The number of carbonyl (C=O) groups excluding carboxylic acids is 4. The number of nitrogens with zero attached hydrogens (tertiary/aromatic N) is 1. The molecule has 0 saturated carbocycles. The van der Waals surface area contributed by atoms with Crippen LogP contribution in [-0.4, -0.2) is 61.9 Å². The number of Topliss-reactive ketones (excluding diaryl/α,β-unsaturated/α-hetero) is 1. The molecule has 196 valence electrons. The van der Waals surface area contributed by atoms with Gasteiger partial charge in [0.2, 0.25) is 11.8 Å². The molecule has 0 spiro atoms. The van der Waals surface area contributed by atoms with Crippen molar-refractivity contribution in [3.63, 3.8) is 0 Å². The summed E-state index contributed by atoms with van der Waals surface area (Å²) in [5.41, 5.74) is 11.6. The summed E-state index contributed by atoms with van der Waals surface area (Å²) in [6.07, 6.45) is 4.51. The average molecular weight is 502 g/mol. The Hall–Kier alpha value is -3.89. The number of hydrogen-bond donors (Lipinski definition) is 4. The number of hydrogen-bond acceptors (Lipinski definition) is 7. The molecule has 2 bridgehead atoms. The molecular weight excluding hydrogens is 466 g/mol. The van der Waals surface area contributed by atoms with Crippen LogP contribution in [-0.2, 0) is 30.3 Å². The molecule has 0 fully saturated rings. The van der Waals surface area contributed by atoms with Gasteiger partial charge in [0.1, 0.15) is 18.4 Å². The van der Waals surface area contributed by atoms with Gasteiger partial charge in [0.05, 0.1) is 13.2 Å². The Morgan fingerprint density at radius 3 is 2.53 bits per heavy atom. The number of aliphatic imine (C=N–C) groups is 1. The minimum atomic E-state index is -0.935. The maximum absolute atomic E-state index is 13.3. The van der Waals surface area contributed by atoms with Crippen molar-refractivity contribution >= 4 is 29.5 Å². The molecule has 2 heterocycles. The van der Waals surface area contributed by atoms with E-state index in [2.05, 4.69) is 15.6 Å². The first-order valence-electron chi connectivity index (χ1n) is 11.8. The summed E-state index contributed by atoms with van der Waals surface area (Å²) < 4.78 is 10.5. The molecule has 36 heavy (non-hydrogen) atoms. The van der Waals surface area contributed by atoms with E-state index in [9.17, 15) is 19.2 Å². The first-order chi connectivity index (χ1) is 17.2. The average Bonchev–Trinajstić information content (AvgIpc) is 2.84. The van der Waals surface area contributed by atoms with Gasteiger partial charge in [0, 0.05) is 25.8 Å². The fourth-order valence-corrected chi connectivity index (χ4v) is 3.80. The third-order valence-corrected chi connectivity index (χ3v) is 5.64. The van der Waals surface area contributed by atoms with Gasteiger partial charge in [0.25, 0.3) is 0 Å². The molecule has 2 aliphatic heterocycles. The number of guanidine groups is 1. The SMILES string of the molecule is COC(=O)[C@H]1CC=CCOc2ccc(cc2)C[C@H](NC(C)=O)C(=O)C[C@@H](CCCN=C(N)N)C(=O)N1. The van der Waals surface area contributed by atoms with Gasteiger partial charge in [-0.1, -0.05) is 24.3 Å². The van der Waals surface area contributed by atoms with Gasteiger partial charge in [-0.15, -0.1) is 0 Å². The fourth-order valence-electron chi connectivity index (χ4n) is 3.80. The molecule has 0 radical (unpaired) electrons. The molecular formula is C25H35N5O6. The number of amides is 2. The highest BCUT2D eigenvalue weighted by molar-refractivity contribution is 5.93. The summed E-state index contributed by atoms with van der Waals surface area (Å²) in [6.45, 7) is 1.88. The lowest BCUT2D eigenvalue weighted by atomic mass is 9.90. The van der Waals surface area contributed by atoms with Gasteiger partial charge in [0.15, 0.2) is 11.7 Å². The van der Waals surface area contributed by atoms with E-state index in [1.165, 1.54) is 14.0 Å². The number of nitrogens with one attached hydrogen (secondary N) is 2. The quantitative estimate of drug-likeness (QED) is 0.142. The standard InChI is InChI=1S/C25H35N5O6/c1-16(31)29-21-14-17-8-10-19(11-9-17)36-13-4-3-7-20(24(34)35-2)30-23(33)18(15-22(21)32)6-5-12-28-25(26)27/h3-4,8-11,18,20-21H,5-7,12-15H2,1-2H3,(H,29,31)(H,30,33)(H4,26,27,28)/t18-,20-,21+/m1/s1. The summed E-state index contributed by atoms with van der Waals surface area (Å²) in [4.78, 5) is 54.5. The molecule has 0 aromatic heterocycles. The molecule has 3 atom stereocenters. The largest absolute Gasteiger partial charge is 0.490 e. The number of ketones is 1. The minimum absolute atomic E-state index is 0.0669. The number of esters is 1. The highest BCUT2D eigenvalue weighted by atomic mass is 16.5. The molecule has 1 aromatic carbocycles. The van der Waals surface area contributed by atoms with Crippen LogP contribution in [0.5, 0.6) is 5.75 Å². The molecule has 0 unspecified atom stereocenters. The van der Waals surface area contributed by atoms with Crippen molar-refractivity contribution in [1.82, 2.24) is 10.6 Å². The van der Waals surface area contributed by atoms with E-state index >= 15 is 0 Å². The second kappa shape index (κ2) is 14.5. The molecule has 6 N–H and O–H groups in total. The van der Waals surface area contributed by atoms with Gasteiger partial charge in [-0.2, -0.15) is 0 Å². The third-order valence-electron chi connectivity index (χ3n) is 5.64. The Morgan fingerprint density at radius 1 is 1.17 bits per heavy atom. The predicted octanol–water partition coefficient (Wildman–Crippen LogP) is 0.359. The molecule has 2 amide bonds. The van der Waals surface area contributed by atoms with E-state index < -0.39 is 29.9 Å². The molecule has 0 aliphatic carbocycles. The van der Waals surface area contributed by atoms with Crippen LogP contribution >= 0.6 is 0 Å².